The molecule has 0 N–H and O–H groups in total. The minimum Gasteiger partial charge on any atom is -0.461 e. The van der Waals surface area contributed by atoms with E-state index in [2.05, 4.69) is 40.2 Å². The first-order valence-electron chi connectivity index (χ1n) is 5.30. The fourth-order valence-corrected chi connectivity index (χ4v) is 2.69. The maximum atomic E-state index is 5.64. The Balaban J connectivity index is 2.16. The van der Waals surface area contributed by atoms with Crippen LogP contribution in [0, 0.1) is 6.92 Å². The number of rotatable bonds is 1. The number of allylic oxidation sites excluding steroid dienone is 1. The molecule has 0 unspecified atom stereocenters. The van der Waals surface area contributed by atoms with Crippen LogP contribution in [-0.2, 0) is 6.42 Å². The van der Waals surface area contributed by atoms with Crippen LogP contribution in [0.25, 0.3) is 17.4 Å². The van der Waals surface area contributed by atoms with E-state index in [9.17, 15) is 0 Å². The lowest BCUT2D eigenvalue weighted by Gasteiger charge is -2.05. The van der Waals surface area contributed by atoms with Crippen molar-refractivity contribution in [3.05, 3.63) is 51.7 Å². The van der Waals surface area contributed by atoms with Crippen LogP contribution in [0.1, 0.15) is 16.9 Å². The second-order valence-corrected chi connectivity index (χ2v) is 4.90. The third-order valence-electron chi connectivity index (χ3n) is 2.87. The number of halogens is 1. The molecular formula is C14H11BrO. The third-order valence-corrected chi connectivity index (χ3v) is 3.58. The van der Waals surface area contributed by atoms with E-state index in [-0.39, 0.29) is 0 Å². The Morgan fingerprint density at radius 1 is 1.25 bits per heavy atom. The summed E-state index contributed by atoms with van der Waals surface area (Å²) in [5.74, 6) is 1.88. The van der Waals surface area contributed by atoms with Crippen molar-refractivity contribution in [1.29, 1.82) is 0 Å². The summed E-state index contributed by atoms with van der Waals surface area (Å²) in [6.07, 6.45) is 5.37. The summed E-state index contributed by atoms with van der Waals surface area (Å²) in [6, 6.07) is 8.32. The molecule has 0 saturated carbocycles. The highest BCUT2D eigenvalue weighted by Crippen LogP contribution is 2.33. The maximum Gasteiger partial charge on any atom is 0.134 e. The topological polar surface area (TPSA) is 13.1 Å². The number of hydrogen-bond donors (Lipinski definition) is 0. The van der Waals surface area contributed by atoms with Crippen LogP contribution < -0.4 is 0 Å². The Labute approximate surface area is 103 Å². The zero-order valence-electron chi connectivity index (χ0n) is 8.96. The summed E-state index contributed by atoms with van der Waals surface area (Å²) in [6.45, 7) is 1.96. The molecule has 1 aliphatic rings. The number of hydrogen-bond acceptors (Lipinski definition) is 1. The molecule has 0 bridgehead atoms. The van der Waals surface area contributed by atoms with Gasteiger partial charge in [-0.15, -0.1) is 0 Å². The molecule has 0 atom stereocenters. The molecule has 16 heavy (non-hydrogen) atoms. The predicted octanol–water partition coefficient (Wildman–Crippen LogP) is 4.59. The Morgan fingerprint density at radius 3 is 2.88 bits per heavy atom. The van der Waals surface area contributed by atoms with Crippen molar-refractivity contribution >= 4 is 22.0 Å². The van der Waals surface area contributed by atoms with Crippen molar-refractivity contribution in [2.75, 3.05) is 0 Å². The summed E-state index contributed by atoms with van der Waals surface area (Å²) < 4.78 is 6.81. The van der Waals surface area contributed by atoms with Gasteiger partial charge in [-0.05, 0) is 48.7 Å². The van der Waals surface area contributed by atoms with Gasteiger partial charge >= 0.3 is 0 Å². The van der Waals surface area contributed by atoms with Crippen molar-refractivity contribution < 1.29 is 4.42 Å². The fraction of sp³-hybridized carbons (Fsp3) is 0.143. The molecule has 2 aromatic rings. The number of aryl methyl sites for hydroxylation is 1. The lowest BCUT2D eigenvalue weighted by molar-refractivity contribution is 0.548. The van der Waals surface area contributed by atoms with Crippen LogP contribution in [-0.4, -0.2) is 0 Å². The minimum atomic E-state index is 0.932. The first kappa shape index (κ1) is 9.91. The molecule has 1 heterocycles. The normalized spacial score (nSPS) is 13.1. The number of fused-ring (bicyclic) bond motifs is 1. The van der Waals surface area contributed by atoms with Crippen molar-refractivity contribution in [3.8, 4) is 11.3 Å². The van der Waals surface area contributed by atoms with E-state index in [4.69, 9.17) is 4.42 Å². The van der Waals surface area contributed by atoms with Gasteiger partial charge in [-0.3, -0.25) is 0 Å². The molecule has 0 fully saturated rings. The van der Waals surface area contributed by atoms with Crippen molar-refractivity contribution in [3.63, 3.8) is 0 Å². The van der Waals surface area contributed by atoms with Gasteiger partial charge in [0.25, 0.3) is 0 Å². The summed E-state index contributed by atoms with van der Waals surface area (Å²) in [7, 11) is 0. The van der Waals surface area contributed by atoms with E-state index >= 15 is 0 Å². The zero-order chi connectivity index (χ0) is 11.1. The smallest absolute Gasteiger partial charge is 0.134 e. The van der Waals surface area contributed by atoms with Gasteiger partial charge < -0.3 is 4.42 Å². The summed E-state index contributed by atoms with van der Waals surface area (Å²) in [5.41, 5.74) is 3.79. The summed E-state index contributed by atoms with van der Waals surface area (Å²) in [4.78, 5) is 0. The largest absolute Gasteiger partial charge is 0.461 e. The van der Waals surface area contributed by atoms with Crippen LogP contribution >= 0.6 is 15.9 Å². The Bertz CT molecular complexity index is 578. The molecule has 0 amide bonds. The van der Waals surface area contributed by atoms with Gasteiger partial charge in [0.05, 0.1) is 0 Å². The van der Waals surface area contributed by atoms with Gasteiger partial charge in [-0.1, -0.05) is 28.1 Å². The Morgan fingerprint density at radius 2 is 2.12 bits per heavy atom. The molecule has 0 spiro atoms. The molecule has 1 aromatic heterocycles. The molecular weight excluding hydrogens is 264 g/mol. The summed E-state index contributed by atoms with van der Waals surface area (Å²) in [5, 5.41) is 0. The molecule has 0 radical (unpaired) electrons. The van der Waals surface area contributed by atoms with Crippen molar-refractivity contribution in [1.82, 2.24) is 0 Å². The highest BCUT2D eigenvalue weighted by Gasteiger charge is 2.12. The van der Waals surface area contributed by atoms with Gasteiger partial charge in [-0.25, -0.2) is 0 Å². The highest BCUT2D eigenvalue weighted by molar-refractivity contribution is 9.10. The Hall–Kier alpha value is -1.28. The van der Waals surface area contributed by atoms with Gasteiger partial charge in [-0.2, -0.15) is 0 Å². The Kier molecular flexibility index (Phi) is 2.25. The predicted molar refractivity (Wildman–Crippen MR) is 69.3 cm³/mol. The van der Waals surface area contributed by atoms with Crippen LogP contribution in [0.15, 0.2) is 39.2 Å². The minimum absolute atomic E-state index is 0.932. The van der Waals surface area contributed by atoms with Gasteiger partial charge in [0, 0.05) is 10.0 Å². The molecule has 1 aliphatic carbocycles. The second-order valence-electron chi connectivity index (χ2n) is 4.04. The second kappa shape index (κ2) is 3.63. The van der Waals surface area contributed by atoms with E-state index < -0.39 is 0 Å². The third kappa shape index (κ3) is 1.54. The SMILES string of the molecule is Cc1ccc(-c2cc(Br)c3c(c2)C=CC3)o1. The lowest BCUT2D eigenvalue weighted by Crippen LogP contribution is -1.85. The molecule has 2 heteroatoms. The molecule has 0 saturated heterocycles. The van der Waals surface area contributed by atoms with Crippen LogP contribution in [0.5, 0.6) is 0 Å². The zero-order valence-corrected chi connectivity index (χ0v) is 10.5. The molecule has 1 nitrogen and oxygen atoms in total. The van der Waals surface area contributed by atoms with Crippen molar-refractivity contribution in [2.24, 2.45) is 0 Å². The monoisotopic (exact) mass is 274 g/mol. The van der Waals surface area contributed by atoms with E-state index in [0.717, 1.165) is 23.5 Å². The van der Waals surface area contributed by atoms with E-state index in [1.807, 2.05) is 19.1 Å². The fourth-order valence-electron chi connectivity index (χ4n) is 2.06. The van der Waals surface area contributed by atoms with Crippen LogP contribution in [0.3, 0.4) is 0 Å². The first-order chi connectivity index (χ1) is 7.74. The molecule has 80 valence electrons. The van der Waals surface area contributed by atoms with Crippen molar-refractivity contribution in [2.45, 2.75) is 13.3 Å². The first-order valence-corrected chi connectivity index (χ1v) is 6.09. The van der Waals surface area contributed by atoms with Gasteiger partial charge in [0.1, 0.15) is 11.5 Å². The molecule has 3 rings (SSSR count). The van der Waals surface area contributed by atoms with E-state index in [0.29, 0.717) is 0 Å². The van der Waals surface area contributed by atoms with Crippen LogP contribution in [0.4, 0.5) is 0 Å². The van der Waals surface area contributed by atoms with E-state index in [1.54, 1.807) is 0 Å². The quantitative estimate of drug-likeness (QED) is 0.742. The van der Waals surface area contributed by atoms with Gasteiger partial charge in [0.15, 0.2) is 0 Å². The molecule has 0 aliphatic heterocycles. The van der Waals surface area contributed by atoms with Crippen LogP contribution in [0.2, 0.25) is 0 Å². The van der Waals surface area contributed by atoms with Gasteiger partial charge in [0.2, 0.25) is 0 Å². The summed E-state index contributed by atoms with van der Waals surface area (Å²) >= 11 is 3.62. The lowest BCUT2D eigenvalue weighted by atomic mass is 10.0. The average molecular weight is 275 g/mol. The van der Waals surface area contributed by atoms with E-state index in [1.165, 1.54) is 15.6 Å². The molecule has 1 aromatic carbocycles. The maximum absolute atomic E-state index is 5.64. The average Bonchev–Trinajstić information content (AvgIpc) is 2.85. The number of furan rings is 1. The standard InChI is InChI=1S/C14H11BrO/c1-9-5-6-14(16-9)11-7-10-3-2-4-12(10)13(15)8-11/h2-3,5-8H,4H2,1H3. The number of benzene rings is 1. The highest BCUT2D eigenvalue weighted by atomic mass is 79.9.